The molecule has 0 unspecified atom stereocenters. The molecular formula is C21H21ClN4O4S. The number of unbranched alkanes of at least 4 members (excludes halogenated alkanes) is 1. The number of rotatable bonds is 8. The number of thiocarbonyl (C=S) groups is 1. The van der Waals surface area contributed by atoms with E-state index in [9.17, 15) is 19.7 Å². The molecule has 0 saturated carbocycles. The quantitative estimate of drug-likeness (QED) is 0.223. The predicted octanol–water partition coefficient (Wildman–Crippen LogP) is 4.90. The molecule has 0 heterocycles. The van der Waals surface area contributed by atoms with E-state index in [0.29, 0.717) is 23.4 Å². The number of hydrogen-bond acceptors (Lipinski definition) is 5. The van der Waals surface area contributed by atoms with Crippen molar-refractivity contribution in [2.45, 2.75) is 26.2 Å². The molecule has 0 atom stereocenters. The molecule has 10 heteroatoms. The molecule has 0 aliphatic carbocycles. The minimum Gasteiger partial charge on any atom is -0.332 e. The fraction of sp³-hybridized carbons (Fsp3) is 0.190. The van der Waals surface area contributed by atoms with Crippen molar-refractivity contribution in [3.05, 3.63) is 69.2 Å². The van der Waals surface area contributed by atoms with Crippen LogP contribution in [0.4, 0.5) is 17.1 Å². The molecule has 162 valence electrons. The van der Waals surface area contributed by atoms with Crippen LogP contribution in [-0.4, -0.2) is 21.9 Å². The topological polar surface area (TPSA) is 113 Å². The van der Waals surface area contributed by atoms with Gasteiger partial charge in [-0.1, -0.05) is 37.1 Å². The highest BCUT2D eigenvalue weighted by atomic mass is 35.5. The summed E-state index contributed by atoms with van der Waals surface area (Å²) < 4.78 is 0. The van der Waals surface area contributed by atoms with Crippen molar-refractivity contribution in [1.29, 1.82) is 0 Å². The molecule has 0 radical (unpaired) electrons. The van der Waals surface area contributed by atoms with Gasteiger partial charge in [0.15, 0.2) is 5.11 Å². The third-order valence-corrected chi connectivity index (χ3v) is 4.52. The number of carbonyl (C=O) groups excluding carboxylic acids is 2. The lowest BCUT2D eigenvalue weighted by Gasteiger charge is -2.10. The Bertz CT molecular complexity index is 1030. The summed E-state index contributed by atoms with van der Waals surface area (Å²) in [6.07, 6.45) is 4.81. The summed E-state index contributed by atoms with van der Waals surface area (Å²) in [7, 11) is 0. The van der Waals surface area contributed by atoms with Crippen molar-refractivity contribution in [3.8, 4) is 0 Å². The van der Waals surface area contributed by atoms with Crippen LogP contribution in [0, 0.1) is 10.1 Å². The van der Waals surface area contributed by atoms with E-state index in [1.807, 2.05) is 6.92 Å². The van der Waals surface area contributed by atoms with E-state index in [-0.39, 0.29) is 21.7 Å². The monoisotopic (exact) mass is 460 g/mol. The first-order valence-corrected chi connectivity index (χ1v) is 10.2. The number of hydrogen-bond donors (Lipinski definition) is 3. The first-order chi connectivity index (χ1) is 14.8. The molecule has 0 bridgehead atoms. The molecule has 0 aromatic heterocycles. The smallest absolute Gasteiger partial charge is 0.288 e. The van der Waals surface area contributed by atoms with E-state index in [1.165, 1.54) is 24.3 Å². The number of carbonyl (C=O) groups is 2. The van der Waals surface area contributed by atoms with E-state index < -0.39 is 10.8 Å². The van der Waals surface area contributed by atoms with Crippen LogP contribution in [0.15, 0.2) is 48.5 Å². The van der Waals surface area contributed by atoms with Gasteiger partial charge in [0.1, 0.15) is 5.02 Å². The zero-order valence-electron chi connectivity index (χ0n) is 16.7. The fourth-order valence-corrected chi connectivity index (χ4v) is 2.90. The van der Waals surface area contributed by atoms with Gasteiger partial charge >= 0.3 is 0 Å². The maximum atomic E-state index is 12.1. The standard InChI is InChI=1S/C21H21ClN4O4S/c1-2-3-7-19(27)23-15-5-4-6-16(13-15)24-21(31)25-20(28)11-9-14-8-10-17(22)18(12-14)26(29)30/h4-6,8-13H,2-3,7H2,1H3,(H,23,27)(H2,24,25,28,31). The van der Waals surface area contributed by atoms with Crippen LogP contribution >= 0.6 is 23.8 Å². The number of benzene rings is 2. The molecule has 0 fully saturated rings. The molecule has 3 N–H and O–H groups in total. The van der Waals surface area contributed by atoms with Crippen LogP contribution in [0.1, 0.15) is 31.7 Å². The lowest BCUT2D eigenvalue weighted by molar-refractivity contribution is -0.384. The second-order valence-electron chi connectivity index (χ2n) is 6.48. The maximum absolute atomic E-state index is 12.1. The first-order valence-electron chi connectivity index (χ1n) is 9.42. The highest BCUT2D eigenvalue weighted by molar-refractivity contribution is 7.80. The summed E-state index contributed by atoms with van der Waals surface area (Å²) in [4.78, 5) is 34.3. The molecule has 0 saturated heterocycles. The van der Waals surface area contributed by atoms with Gasteiger partial charge in [0.2, 0.25) is 11.8 Å². The number of nitro benzene ring substituents is 1. The van der Waals surface area contributed by atoms with E-state index >= 15 is 0 Å². The Kier molecular flexibility index (Phi) is 9.11. The Morgan fingerprint density at radius 2 is 1.87 bits per heavy atom. The maximum Gasteiger partial charge on any atom is 0.288 e. The Morgan fingerprint density at radius 3 is 2.55 bits per heavy atom. The van der Waals surface area contributed by atoms with Gasteiger partial charge in [-0.2, -0.15) is 0 Å². The number of amides is 2. The summed E-state index contributed by atoms with van der Waals surface area (Å²) in [6.45, 7) is 2.02. The van der Waals surface area contributed by atoms with Crippen molar-refractivity contribution in [2.24, 2.45) is 0 Å². The second-order valence-corrected chi connectivity index (χ2v) is 7.29. The van der Waals surface area contributed by atoms with Gasteiger partial charge in [0.05, 0.1) is 4.92 Å². The Hall–Kier alpha value is -3.30. The molecule has 0 aliphatic rings. The van der Waals surface area contributed by atoms with Crippen LogP contribution in [0.5, 0.6) is 0 Å². The van der Waals surface area contributed by atoms with E-state index in [1.54, 1.807) is 30.3 Å². The highest BCUT2D eigenvalue weighted by Crippen LogP contribution is 2.25. The zero-order chi connectivity index (χ0) is 22.8. The fourth-order valence-electron chi connectivity index (χ4n) is 2.50. The van der Waals surface area contributed by atoms with Crippen LogP contribution in [0.25, 0.3) is 6.08 Å². The molecular weight excluding hydrogens is 440 g/mol. The predicted molar refractivity (Wildman–Crippen MR) is 126 cm³/mol. The summed E-state index contributed by atoms with van der Waals surface area (Å²) in [5.41, 5.74) is 1.40. The van der Waals surface area contributed by atoms with Crippen LogP contribution in [0.2, 0.25) is 5.02 Å². The normalized spacial score (nSPS) is 10.5. The van der Waals surface area contributed by atoms with Gasteiger partial charge in [0, 0.05) is 29.9 Å². The number of nitro groups is 1. The van der Waals surface area contributed by atoms with Crippen molar-refractivity contribution in [2.75, 3.05) is 10.6 Å². The average Bonchev–Trinajstić information content (AvgIpc) is 2.71. The Balaban J connectivity index is 1.92. The minimum absolute atomic E-state index is 0.0146. The molecule has 8 nitrogen and oxygen atoms in total. The summed E-state index contributed by atoms with van der Waals surface area (Å²) in [6, 6.07) is 11.1. The van der Waals surface area contributed by atoms with E-state index in [2.05, 4.69) is 16.0 Å². The van der Waals surface area contributed by atoms with Gasteiger partial charge in [-0.25, -0.2) is 0 Å². The average molecular weight is 461 g/mol. The molecule has 2 rings (SSSR count). The lowest BCUT2D eigenvalue weighted by Crippen LogP contribution is -2.32. The summed E-state index contributed by atoms with van der Waals surface area (Å²) >= 11 is 10.9. The van der Waals surface area contributed by atoms with Gasteiger partial charge in [-0.3, -0.25) is 25.0 Å². The van der Waals surface area contributed by atoms with Crippen molar-refractivity contribution < 1.29 is 14.5 Å². The SMILES string of the molecule is CCCCC(=O)Nc1cccc(NC(=S)NC(=O)C=Cc2ccc(Cl)c([N+](=O)[O-])c2)c1. The molecule has 2 aromatic rings. The number of nitrogens with zero attached hydrogens (tertiary/aromatic N) is 1. The van der Waals surface area contributed by atoms with Gasteiger partial charge in [-0.05, 0) is 54.5 Å². The lowest BCUT2D eigenvalue weighted by atomic mass is 10.2. The minimum atomic E-state index is -0.598. The van der Waals surface area contributed by atoms with Crippen molar-refractivity contribution >= 4 is 63.9 Å². The molecule has 2 amide bonds. The van der Waals surface area contributed by atoms with Gasteiger partial charge in [-0.15, -0.1) is 0 Å². The van der Waals surface area contributed by atoms with E-state index in [4.69, 9.17) is 23.8 Å². The molecule has 0 spiro atoms. The van der Waals surface area contributed by atoms with Crippen LogP contribution in [0.3, 0.4) is 0 Å². The van der Waals surface area contributed by atoms with Crippen molar-refractivity contribution in [1.82, 2.24) is 5.32 Å². The van der Waals surface area contributed by atoms with E-state index in [0.717, 1.165) is 12.8 Å². The summed E-state index contributed by atoms with van der Waals surface area (Å²) in [5, 5.41) is 19.2. The van der Waals surface area contributed by atoms with Gasteiger partial charge in [0.25, 0.3) is 5.69 Å². The highest BCUT2D eigenvalue weighted by Gasteiger charge is 2.12. The number of halogens is 1. The van der Waals surface area contributed by atoms with Gasteiger partial charge < -0.3 is 10.6 Å². The summed E-state index contributed by atoms with van der Waals surface area (Å²) in [5.74, 6) is -0.582. The second kappa shape index (κ2) is 11.8. The Morgan fingerprint density at radius 1 is 1.16 bits per heavy atom. The third kappa shape index (κ3) is 8.15. The first kappa shape index (κ1) is 24.0. The Labute approximate surface area is 189 Å². The van der Waals surface area contributed by atoms with Crippen molar-refractivity contribution in [3.63, 3.8) is 0 Å². The molecule has 2 aromatic carbocycles. The zero-order valence-corrected chi connectivity index (χ0v) is 18.3. The molecule has 0 aliphatic heterocycles. The largest absolute Gasteiger partial charge is 0.332 e. The number of nitrogens with one attached hydrogen (secondary N) is 3. The molecule has 31 heavy (non-hydrogen) atoms. The van der Waals surface area contributed by atoms with Crippen LogP contribution in [-0.2, 0) is 9.59 Å². The van der Waals surface area contributed by atoms with Crippen LogP contribution < -0.4 is 16.0 Å². The third-order valence-electron chi connectivity index (χ3n) is 3.99. The number of anilines is 2.